The highest BCUT2D eigenvalue weighted by atomic mass is 16.3. The average Bonchev–Trinajstić information content (AvgIpc) is 3.18. The van der Waals surface area contributed by atoms with Crippen molar-refractivity contribution in [3.63, 3.8) is 0 Å². The van der Waals surface area contributed by atoms with Crippen LogP contribution in [0.1, 0.15) is 24.0 Å². The Hall–Kier alpha value is -1.59. The zero-order valence-corrected chi connectivity index (χ0v) is 11.7. The highest BCUT2D eigenvalue weighted by molar-refractivity contribution is 5.75. The molecule has 4 N–H and O–H groups in total. The highest BCUT2D eigenvalue weighted by Gasteiger charge is 2.44. The third kappa shape index (κ3) is 3.95. The molecule has 1 saturated carbocycles. The molecule has 1 aromatic carbocycles. The summed E-state index contributed by atoms with van der Waals surface area (Å²) in [6.07, 6.45) is 1.86. The van der Waals surface area contributed by atoms with Crippen LogP contribution in [0.4, 0.5) is 4.79 Å². The maximum Gasteiger partial charge on any atom is 0.315 e. The van der Waals surface area contributed by atoms with Crippen LogP contribution in [0.15, 0.2) is 24.3 Å². The van der Waals surface area contributed by atoms with Gasteiger partial charge in [0.15, 0.2) is 0 Å². The largest absolute Gasteiger partial charge is 0.394 e. The number of benzene rings is 1. The maximum atomic E-state index is 11.8. The third-order valence-corrected chi connectivity index (χ3v) is 3.73. The molecule has 5 heteroatoms. The van der Waals surface area contributed by atoms with Gasteiger partial charge in [0.2, 0.25) is 0 Å². The Bertz CT molecular complexity index is 472. The van der Waals surface area contributed by atoms with Crippen molar-refractivity contribution in [2.45, 2.75) is 37.8 Å². The van der Waals surface area contributed by atoms with Crippen LogP contribution in [0.2, 0.25) is 0 Å². The highest BCUT2D eigenvalue weighted by Crippen LogP contribution is 2.39. The molecule has 5 nitrogen and oxygen atoms in total. The van der Waals surface area contributed by atoms with Crippen LogP contribution in [0.3, 0.4) is 0 Å². The molecule has 0 spiro atoms. The van der Waals surface area contributed by atoms with E-state index in [9.17, 15) is 9.90 Å². The summed E-state index contributed by atoms with van der Waals surface area (Å²) < 4.78 is 0. The maximum absolute atomic E-state index is 11.8. The quantitative estimate of drug-likeness (QED) is 0.619. The first-order chi connectivity index (χ1) is 9.54. The Kier molecular flexibility index (Phi) is 4.62. The van der Waals surface area contributed by atoms with E-state index in [1.54, 1.807) is 0 Å². The van der Waals surface area contributed by atoms with E-state index in [2.05, 4.69) is 29.7 Å². The number of rotatable bonds is 6. The molecule has 0 bridgehead atoms. The van der Waals surface area contributed by atoms with E-state index in [0.29, 0.717) is 0 Å². The number of urea groups is 1. The SMILES string of the molecule is Cc1ccccc1CC1(NC(=O)NC[C@@H](O)CO)CC1. The third-order valence-electron chi connectivity index (χ3n) is 3.73. The van der Waals surface area contributed by atoms with Gasteiger partial charge in [-0.25, -0.2) is 4.79 Å². The fourth-order valence-electron chi connectivity index (χ4n) is 2.23. The second-order valence-electron chi connectivity index (χ2n) is 5.56. The van der Waals surface area contributed by atoms with Crippen molar-refractivity contribution in [1.82, 2.24) is 10.6 Å². The summed E-state index contributed by atoms with van der Waals surface area (Å²) in [5.41, 5.74) is 2.33. The summed E-state index contributed by atoms with van der Waals surface area (Å²) >= 11 is 0. The molecule has 0 aromatic heterocycles. The first kappa shape index (κ1) is 14.8. The number of hydrogen-bond acceptors (Lipinski definition) is 3. The molecule has 2 rings (SSSR count). The van der Waals surface area contributed by atoms with Crippen LogP contribution in [-0.4, -0.2) is 41.0 Å². The van der Waals surface area contributed by atoms with E-state index in [0.717, 1.165) is 19.3 Å². The van der Waals surface area contributed by atoms with Gasteiger partial charge in [0.25, 0.3) is 0 Å². The fraction of sp³-hybridized carbons (Fsp3) is 0.533. The number of carbonyl (C=O) groups is 1. The zero-order valence-electron chi connectivity index (χ0n) is 11.7. The Balaban J connectivity index is 1.86. The lowest BCUT2D eigenvalue weighted by Gasteiger charge is -2.19. The Morgan fingerprint density at radius 3 is 2.70 bits per heavy atom. The van der Waals surface area contributed by atoms with Crippen LogP contribution < -0.4 is 10.6 Å². The van der Waals surface area contributed by atoms with Gasteiger partial charge in [-0.3, -0.25) is 0 Å². The second kappa shape index (κ2) is 6.24. The number of hydrogen-bond donors (Lipinski definition) is 4. The van der Waals surface area contributed by atoms with Gasteiger partial charge in [-0.05, 0) is 37.3 Å². The second-order valence-corrected chi connectivity index (χ2v) is 5.56. The van der Waals surface area contributed by atoms with Crippen molar-refractivity contribution >= 4 is 6.03 Å². The molecule has 1 atom stereocenters. The smallest absolute Gasteiger partial charge is 0.315 e. The number of aryl methyl sites for hydroxylation is 1. The summed E-state index contributed by atoms with van der Waals surface area (Å²) in [6.45, 7) is 1.78. The van der Waals surface area contributed by atoms with Crippen molar-refractivity contribution in [2.24, 2.45) is 0 Å². The van der Waals surface area contributed by atoms with Crippen LogP contribution in [0.5, 0.6) is 0 Å². The number of carbonyl (C=O) groups excluding carboxylic acids is 1. The predicted octanol–water partition coefficient (Wildman–Crippen LogP) is 0.723. The lowest BCUT2D eigenvalue weighted by molar-refractivity contribution is 0.0958. The number of amides is 2. The van der Waals surface area contributed by atoms with Gasteiger partial charge in [0.05, 0.1) is 12.7 Å². The van der Waals surface area contributed by atoms with E-state index in [1.165, 1.54) is 11.1 Å². The lowest BCUT2D eigenvalue weighted by atomic mass is 10.00. The molecule has 1 fully saturated rings. The molecule has 1 aromatic rings. The number of aliphatic hydroxyl groups is 2. The number of aliphatic hydroxyl groups excluding tert-OH is 2. The number of nitrogens with one attached hydrogen (secondary N) is 2. The van der Waals surface area contributed by atoms with Crippen molar-refractivity contribution in [3.8, 4) is 0 Å². The minimum Gasteiger partial charge on any atom is -0.394 e. The van der Waals surface area contributed by atoms with Gasteiger partial charge in [0.1, 0.15) is 0 Å². The Morgan fingerprint density at radius 2 is 2.10 bits per heavy atom. The monoisotopic (exact) mass is 278 g/mol. The van der Waals surface area contributed by atoms with E-state index in [-0.39, 0.29) is 24.7 Å². The molecular formula is C15H22N2O3. The fourth-order valence-corrected chi connectivity index (χ4v) is 2.23. The minimum absolute atomic E-state index is 0.0583. The van der Waals surface area contributed by atoms with E-state index in [4.69, 9.17) is 5.11 Å². The van der Waals surface area contributed by atoms with Crippen molar-refractivity contribution < 1.29 is 15.0 Å². The van der Waals surface area contributed by atoms with Crippen molar-refractivity contribution in [2.75, 3.05) is 13.2 Å². The van der Waals surface area contributed by atoms with Crippen LogP contribution in [0.25, 0.3) is 0 Å². The van der Waals surface area contributed by atoms with Gasteiger partial charge >= 0.3 is 6.03 Å². The van der Waals surface area contributed by atoms with Crippen LogP contribution in [0, 0.1) is 6.92 Å². The Labute approximate surface area is 119 Å². The van der Waals surface area contributed by atoms with Gasteiger partial charge in [-0.1, -0.05) is 24.3 Å². The van der Waals surface area contributed by atoms with E-state index in [1.807, 2.05) is 12.1 Å². The normalized spacial score (nSPS) is 17.4. The van der Waals surface area contributed by atoms with E-state index >= 15 is 0 Å². The Morgan fingerprint density at radius 1 is 1.40 bits per heavy atom. The molecule has 0 unspecified atom stereocenters. The average molecular weight is 278 g/mol. The van der Waals surface area contributed by atoms with Crippen molar-refractivity contribution in [1.29, 1.82) is 0 Å². The van der Waals surface area contributed by atoms with Crippen LogP contribution in [-0.2, 0) is 6.42 Å². The molecule has 0 saturated heterocycles. The van der Waals surface area contributed by atoms with Crippen LogP contribution >= 0.6 is 0 Å². The minimum atomic E-state index is -0.910. The predicted molar refractivity (Wildman–Crippen MR) is 76.5 cm³/mol. The summed E-state index contributed by atoms with van der Waals surface area (Å²) in [7, 11) is 0. The standard InChI is InChI=1S/C15H22N2O3/c1-11-4-2-3-5-12(11)8-15(6-7-15)17-14(20)16-9-13(19)10-18/h2-5,13,18-19H,6-10H2,1H3,(H2,16,17,20)/t13-/m1/s1. The molecule has 1 aliphatic carbocycles. The van der Waals surface area contributed by atoms with Gasteiger partial charge < -0.3 is 20.8 Å². The first-order valence-corrected chi connectivity index (χ1v) is 6.94. The van der Waals surface area contributed by atoms with E-state index < -0.39 is 6.10 Å². The zero-order chi connectivity index (χ0) is 14.6. The molecule has 20 heavy (non-hydrogen) atoms. The van der Waals surface area contributed by atoms with Gasteiger partial charge in [-0.15, -0.1) is 0 Å². The molecule has 110 valence electrons. The van der Waals surface area contributed by atoms with Gasteiger partial charge in [0, 0.05) is 12.1 Å². The molecule has 0 aliphatic heterocycles. The molecular weight excluding hydrogens is 256 g/mol. The summed E-state index contributed by atoms with van der Waals surface area (Å²) in [5.74, 6) is 0. The van der Waals surface area contributed by atoms with Gasteiger partial charge in [-0.2, -0.15) is 0 Å². The summed E-state index contributed by atoms with van der Waals surface area (Å²) in [5, 5.41) is 23.4. The van der Waals surface area contributed by atoms with Crippen molar-refractivity contribution in [3.05, 3.63) is 35.4 Å². The molecule has 1 aliphatic rings. The first-order valence-electron chi connectivity index (χ1n) is 6.94. The molecule has 0 heterocycles. The molecule has 0 radical (unpaired) electrons. The summed E-state index contributed by atoms with van der Waals surface area (Å²) in [6, 6.07) is 7.89. The topological polar surface area (TPSA) is 81.6 Å². The molecule has 2 amide bonds. The lowest BCUT2D eigenvalue weighted by Crippen LogP contribution is -2.47. The summed E-state index contributed by atoms with van der Waals surface area (Å²) in [4.78, 5) is 11.8.